The van der Waals surface area contributed by atoms with Crippen molar-refractivity contribution in [2.24, 2.45) is 17.6 Å². The molecule has 0 radical (unpaired) electrons. The molecule has 0 aromatic heterocycles. The molecular formula is C43H70N4O8. The number of carbonyl (C=O) groups excluding carboxylic acids is 3. The molecule has 2 aromatic rings. The van der Waals surface area contributed by atoms with Crippen molar-refractivity contribution in [3.63, 3.8) is 0 Å². The van der Waals surface area contributed by atoms with Crippen molar-refractivity contribution in [1.29, 1.82) is 0 Å². The molecule has 2 atom stereocenters. The Labute approximate surface area is 330 Å². The topological polar surface area (TPSA) is 142 Å². The summed E-state index contributed by atoms with van der Waals surface area (Å²) in [6, 6.07) is 21.2. The van der Waals surface area contributed by atoms with Crippen LogP contribution in [0.3, 0.4) is 0 Å². The van der Waals surface area contributed by atoms with E-state index in [-0.39, 0.29) is 6.09 Å². The largest absolute Gasteiger partial charge is 0.519 e. The van der Waals surface area contributed by atoms with Gasteiger partial charge in [-0.3, -0.25) is 9.80 Å². The summed E-state index contributed by atoms with van der Waals surface area (Å²) in [6.07, 6.45) is 2.52. The lowest BCUT2D eigenvalue weighted by Crippen LogP contribution is -2.35. The van der Waals surface area contributed by atoms with Crippen molar-refractivity contribution in [1.82, 2.24) is 15.1 Å². The molecule has 3 fully saturated rings. The van der Waals surface area contributed by atoms with Crippen LogP contribution < -0.4 is 11.1 Å². The fourth-order valence-corrected chi connectivity index (χ4v) is 5.82. The molecule has 0 aliphatic carbocycles. The summed E-state index contributed by atoms with van der Waals surface area (Å²) in [7, 11) is 0. The number of rotatable bonds is 7. The van der Waals surface area contributed by atoms with Crippen molar-refractivity contribution < 1.29 is 38.1 Å². The van der Waals surface area contributed by atoms with E-state index in [2.05, 4.69) is 74.5 Å². The smallest absolute Gasteiger partial charge is 0.444 e. The molecule has 12 heteroatoms. The molecule has 0 bridgehead atoms. The lowest BCUT2D eigenvalue weighted by Gasteiger charge is -2.21. The lowest BCUT2D eigenvalue weighted by molar-refractivity contribution is -0.0294. The van der Waals surface area contributed by atoms with Crippen LogP contribution in [0.4, 0.5) is 14.4 Å². The maximum absolute atomic E-state index is 11.6. The van der Waals surface area contributed by atoms with Crippen LogP contribution in [-0.4, -0.2) is 97.5 Å². The zero-order valence-corrected chi connectivity index (χ0v) is 35.1. The van der Waals surface area contributed by atoms with Crippen molar-refractivity contribution in [3.8, 4) is 0 Å². The number of hydrogen-bond donors (Lipinski definition) is 2. The third kappa shape index (κ3) is 24.4. The number of carbonyl (C=O) groups is 3. The quantitative estimate of drug-likeness (QED) is 0.160. The van der Waals surface area contributed by atoms with E-state index >= 15 is 0 Å². The highest BCUT2D eigenvalue weighted by atomic mass is 16.8. The maximum atomic E-state index is 11.6. The van der Waals surface area contributed by atoms with E-state index in [9.17, 15) is 14.4 Å². The summed E-state index contributed by atoms with van der Waals surface area (Å²) >= 11 is 0. The Morgan fingerprint density at radius 1 is 0.673 bits per heavy atom. The monoisotopic (exact) mass is 771 g/mol. The molecule has 3 saturated heterocycles. The highest BCUT2D eigenvalue weighted by Gasteiger charge is 2.26. The summed E-state index contributed by atoms with van der Waals surface area (Å²) in [5.74, 6) is 1.24. The van der Waals surface area contributed by atoms with Gasteiger partial charge in [-0.05, 0) is 131 Å². The zero-order chi connectivity index (χ0) is 40.9. The molecule has 55 heavy (non-hydrogen) atoms. The first kappa shape index (κ1) is 47.4. The predicted octanol–water partition coefficient (Wildman–Crippen LogP) is 8.17. The van der Waals surface area contributed by atoms with Crippen LogP contribution in [-0.2, 0) is 36.8 Å². The number of nitrogens with zero attached hydrogens (tertiary/aromatic N) is 2. The third-order valence-corrected chi connectivity index (χ3v) is 8.28. The van der Waals surface area contributed by atoms with Crippen LogP contribution in [0, 0.1) is 11.8 Å². The van der Waals surface area contributed by atoms with Gasteiger partial charge in [0.25, 0.3) is 0 Å². The van der Waals surface area contributed by atoms with Gasteiger partial charge >= 0.3 is 18.4 Å². The molecule has 3 N–H and O–H groups in total. The first-order valence-electron chi connectivity index (χ1n) is 19.7. The molecule has 0 unspecified atom stereocenters. The van der Waals surface area contributed by atoms with Crippen molar-refractivity contribution in [2.75, 3.05) is 52.5 Å². The van der Waals surface area contributed by atoms with E-state index in [0.29, 0.717) is 12.5 Å². The fourth-order valence-electron chi connectivity index (χ4n) is 5.82. The molecule has 3 aliphatic rings. The summed E-state index contributed by atoms with van der Waals surface area (Å²) in [4.78, 5) is 38.6. The van der Waals surface area contributed by atoms with Crippen molar-refractivity contribution >= 4 is 18.4 Å². The Hall–Kier alpha value is -3.71. The highest BCUT2D eigenvalue weighted by molar-refractivity contribution is 5.77. The SMILES string of the molecule is C1CCOC1.CC(C)(C)OC(=O)NC[C@@H]1CCN(Cc2ccccc2)C1.CC(C)(C)OC(=O)OC(=O)OC(C)(C)C.NC[C@@H]1CCN(Cc2ccccc2)C1. The van der Waals surface area contributed by atoms with Gasteiger partial charge < -0.3 is 34.7 Å². The number of likely N-dealkylation sites (tertiary alicyclic amines) is 2. The van der Waals surface area contributed by atoms with E-state index in [4.69, 9.17) is 24.7 Å². The molecular weight excluding hydrogens is 700 g/mol. The molecule has 0 spiro atoms. The van der Waals surface area contributed by atoms with E-state index in [0.717, 1.165) is 58.3 Å². The van der Waals surface area contributed by atoms with Crippen LogP contribution >= 0.6 is 0 Å². The molecule has 1 amide bonds. The summed E-state index contributed by atoms with van der Waals surface area (Å²) in [6.45, 7) is 25.8. The average Bonchev–Trinajstić information content (AvgIpc) is 3.88. The van der Waals surface area contributed by atoms with Crippen LogP contribution in [0.15, 0.2) is 60.7 Å². The Balaban J connectivity index is 0.000000273. The zero-order valence-electron chi connectivity index (χ0n) is 35.1. The van der Waals surface area contributed by atoms with Gasteiger partial charge in [0.2, 0.25) is 0 Å². The second-order valence-corrected chi connectivity index (χ2v) is 17.2. The normalized spacial score (nSPS) is 18.7. The second-order valence-electron chi connectivity index (χ2n) is 17.2. The van der Waals surface area contributed by atoms with Gasteiger partial charge in [0.15, 0.2) is 0 Å². The highest BCUT2D eigenvalue weighted by Crippen LogP contribution is 2.19. The minimum absolute atomic E-state index is 0.316. The fraction of sp³-hybridized carbons (Fsp3) is 0.651. The first-order chi connectivity index (χ1) is 25.8. The Bertz CT molecular complexity index is 1340. The standard InChI is InChI=1S/C17H26N2O2.C12H18N2.C10H18O5.C4H8O/c1-17(2,3)21-16(20)18-11-15-9-10-19(13-15)12-14-7-5-4-6-8-14;13-8-12-6-7-14(10-12)9-11-4-2-1-3-5-11;1-9(2,3)14-7(11)13-8(12)15-10(4,5)6;1-2-4-5-3-1/h4-8,15H,9-13H2,1-3H3,(H,18,20);1-5,12H,6-10,13H2;1-6H3;1-4H2/t15-;12-;;/m00../s1. The third-order valence-electron chi connectivity index (χ3n) is 8.28. The van der Waals surface area contributed by atoms with Gasteiger partial charge in [0, 0.05) is 45.9 Å². The van der Waals surface area contributed by atoms with E-state index in [1.807, 2.05) is 26.8 Å². The molecule has 3 heterocycles. The number of ether oxygens (including phenoxy) is 5. The molecule has 2 aromatic carbocycles. The molecule has 310 valence electrons. The van der Waals surface area contributed by atoms with Gasteiger partial charge in [0.05, 0.1) is 0 Å². The predicted molar refractivity (Wildman–Crippen MR) is 217 cm³/mol. The van der Waals surface area contributed by atoms with Crippen molar-refractivity contribution in [2.45, 2.75) is 118 Å². The molecule has 3 aliphatic heterocycles. The number of benzene rings is 2. The molecule has 0 saturated carbocycles. The average molecular weight is 771 g/mol. The minimum atomic E-state index is -1.06. The number of nitrogens with two attached hydrogens (primary N) is 1. The Morgan fingerprint density at radius 3 is 1.45 bits per heavy atom. The number of nitrogens with one attached hydrogen (secondary N) is 1. The summed E-state index contributed by atoms with van der Waals surface area (Å²) in [5, 5.41) is 2.88. The summed E-state index contributed by atoms with van der Waals surface area (Å²) in [5.41, 5.74) is 6.59. The van der Waals surface area contributed by atoms with Gasteiger partial charge in [-0.15, -0.1) is 0 Å². The van der Waals surface area contributed by atoms with Crippen LogP contribution in [0.2, 0.25) is 0 Å². The van der Waals surface area contributed by atoms with E-state index in [1.54, 1.807) is 41.5 Å². The van der Waals surface area contributed by atoms with Gasteiger partial charge in [-0.2, -0.15) is 0 Å². The summed E-state index contributed by atoms with van der Waals surface area (Å²) < 4.78 is 24.0. The van der Waals surface area contributed by atoms with Gasteiger partial charge in [-0.25, -0.2) is 14.4 Å². The van der Waals surface area contributed by atoms with E-state index in [1.165, 1.54) is 43.5 Å². The lowest BCUT2D eigenvalue weighted by atomic mass is 10.1. The van der Waals surface area contributed by atoms with Gasteiger partial charge in [-0.1, -0.05) is 60.7 Å². The number of hydrogen-bond acceptors (Lipinski definition) is 11. The Morgan fingerprint density at radius 2 is 1.09 bits per heavy atom. The second kappa shape index (κ2) is 24.0. The van der Waals surface area contributed by atoms with Gasteiger partial charge in [0.1, 0.15) is 16.8 Å². The van der Waals surface area contributed by atoms with Crippen molar-refractivity contribution in [3.05, 3.63) is 71.8 Å². The minimum Gasteiger partial charge on any atom is -0.444 e. The van der Waals surface area contributed by atoms with E-state index < -0.39 is 29.1 Å². The van der Waals surface area contributed by atoms with Crippen LogP contribution in [0.5, 0.6) is 0 Å². The molecule has 5 rings (SSSR count). The maximum Gasteiger partial charge on any atom is 0.519 e. The number of alkyl carbamates (subject to hydrolysis) is 1. The van der Waals surface area contributed by atoms with Crippen LogP contribution in [0.1, 0.15) is 99.1 Å². The van der Waals surface area contributed by atoms with Crippen LogP contribution in [0.25, 0.3) is 0 Å². The Kier molecular flexibility index (Phi) is 20.7. The molecule has 12 nitrogen and oxygen atoms in total. The number of amides is 1. The first-order valence-corrected chi connectivity index (χ1v) is 19.7.